The number of hydrogen-bond acceptors (Lipinski definition) is 7. The van der Waals surface area contributed by atoms with E-state index >= 15 is 0 Å². The normalized spacial score (nSPS) is 15.9. The molecule has 1 N–H and O–H groups in total. The number of amides is 2. The van der Waals surface area contributed by atoms with E-state index in [-0.39, 0.29) is 45.5 Å². The second kappa shape index (κ2) is 8.36. The van der Waals surface area contributed by atoms with Crippen LogP contribution in [0.25, 0.3) is 0 Å². The molecule has 31 heavy (non-hydrogen) atoms. The summed E-state index contributed by atoms with van der Waals surface area (Å²) in [6.45, 7) is 0.362. The maximum Gasteiger partial charge on any atom is 0.270 e. The summed E-state index contributed by atoms with van der Waals surface area (Å²) in [6.07, 6.45) is 0.216. The molecule has 1 fully saturated rings. The van der Waals surface area contributed by atoms with Crippen molar-refractivity contribution in [1.82, 2.24) is 10.2 Å². The predicted molar refractivity (Wildman–Crippen MR) is 112 cm³/mol. The molecule has 0 spiro atoms. The minimum Gasteiger partial charge on any atom is -0.312 e. The molecule has 0 radical (unpaired) electrons. The summed E-state index contributed by atoms with van der Waals surface area (Å²) in [5.74, 6) is -1.30. The number of benzene rings is 2. The van der Waals surface area contributed by atoms with E-state index in [0.29, 0.717) is 17.2 Å². The quantitative estimate of drug-likeness (QED) is 0.453. The van der Waals surface area contributed by atoms with Gasteiger partial charge in [-0.05, 0) is 30.3 Å². The molecular formula is C19H13ClFN5O4S. The molecule has 1 saturated heterocycles. The number of rotatable bonds is 5. The molecule has 1 aliphatic rings. The van der Waals surface area contributed by atoms with E-state index in [2.05, 4.69) is 15.5 Å². The maximum absolute atomic E-state index is 13.1. The van der Waals surface area contributed by atoms with Crippen LogP contribution in [0.3, 0.4) is 0 Å². The molecule has 3 aromatic rings. The highest BCUT2D eigenvalue weighted by atomic mass is 35.5. The molecule has 2 heterocycles. The van der Waals surface area contributed by atoms with Crippen LogP contribution in [0.5, 0.6) is 0 Å². The van der Waals surface area contributed by atoms with Crippen molar-refractivity contribution < 1.29 is 18.9 Å². The van der Waals surface area contributed by atoms with Crippen molar-refractivity contribution in [1.29, 1.82) is 0 Å². The molecule has 4 rings (SSSR count). The van der Waals surface area contributed by atoms with Crippen molar-refractivity contribution in [2.24, 2.45) is 0 Å². The van der Waals surface area contributed by atoms with Crippen molar-refractivity contribution >= 4 is 51.3 Å². The van der Waals surface area contributed by atoms with Gasteiger partial charge in [0.25, 0.3) is 11.6 Å². The third kappa shape index (κ3) is 4.37. The highest BCUT2D eigenvalue weighted by Crippen LogP contribution is 2.34. The third-order valence-corrected chi connectivity index (χ3v) is 6.00. The third-order valence-electron chi connectivity index (χ3n) is 4.68. The number of carbonyl (C=O) groups excluding carboxylic acids is 2. The Morgan fingerprint density at radius 2 is 2.00 bits per heavy atom. The lowest BCUT2D eigenvalue weighted by molar-refractivity contribution is -0.384. The summed E-state index contributed by atoms with van der Waals surface area (Å²) < 4.78 is 13.1. The molecule has 1 atom stereocenters. The van der Waals surface area contributed by atoms with Gasteiger partial charge in [0.1, 0.15) is 10.8 Å². The average molecular weight is 462 g/mol. The zero-order chi connectivity index (χ0) is 22.1. The van der Waals surface area contributed by atoms with Crippen LogP contribution in [-0.4, -0.2) is 33.5 Å². The number of anilines is 2. The van der Waals surface area contributed by atoms with Crippen molar-refractivity contribution in [2.75, 3.05) is 16.8 Å². The fraction of sp³-hybridized carbons (Fsp3) is 0.158. The van der Waals surface area contributed by atoms with Crippen LogP contribution < -0.4 is 10.2 Å². The fourth-order valence-corrected chi connectivity index (χ4v) is 4.25. The molecule has 1 unspecified atom stereocenters. The van der Waals surface area contributed by atoms with Crippen molar-refractivity contribution in [3.05, 3.63) is 74.0 Å². The van der Waals surface area contributed by atoms with Crippen LogP contribution in [0.2, 0.25) is 5.02 Å². The van der Waals surface area contributed by atoms with E-state index < -0.39 is 10.8 Å². The number of non-ortho nitro benzene ring substituents is 1. The summed E-state index contributed by atoms with van der Waals surface area (Å²) in [4.78, 5) is 36.6. The van der Waals surface area contributed by atoms with Gasteiger partial charge in [0.05, 0.1) is 15.5 Å². The van der Waals surface area contributed by atoms with Crippen LogP contribution >= 0.6 is 22.9 Å². The van der Waals surface area contributed by atoms with E-state index in [4.69, 9.17) is 11.6 Å². The lowest BCUT2D eigenvalue weighted by Crippen LogP contribution is -2.24. The maximum atomic E-state index is 13.1. The number of aromatic nitrogens is 2. The Bertz CT molecular complexity index is 1190. The van der Waals surface area contributed by atoms with Crippen LogP contribution in [0.1, 0.15) is 27.7 Å². The Labute approximate surface area is 183 Å². The zero-order valence-electron chi connectivity index (χ0n) is 15.6. The predicted octanol–water partition coefficient (Wildman–Crippen LogP) is 4.01. The highest BCUT2D eigenvalue weighted by molar-refractivity contribution is 7.15. The number of nitrogens with one attached hydrogen (secondary N) is 1. The average Bonchev–Trinajstić information content (AvgIpc) is 3.35. The summed E-state index contributed by atoms with van der Waals surface area (Å²) >= 11 is 7.10. The van der Waals surface area contributed by atoms with E-state index in [1.54, 1.807) is 4.90 Å². The lowest BCUT2D eigenvalue weighted by atomic mass is 10.1. The highest BCUT2D eigenvalue weighted by Gasteiger charge is 2.34. The molecule has 0 bridgehead atoms. The van der Waals surface area contributed by atoms with Gasteiger partial charge in [0.2, 0.25) is 11.0 Å². The molecule has 1 aromatic heterocycles. The molecule has 0 saturated carbocycles. The topological polar surface area (TPSA) is 118 Å². The minimum absolute atomic E-state index is 0.0579. The number of hydrogen-bond donors (Lipinski definition) is 1. The van der Waals surface area contributed by atoms with E-state index in [9.17, 15) is 24.1 Å². The summed E-state index contributed by atoms with van der Waals surface area (Å²) in [7, 11) is 0. The molecule has 12 heteroatoms. The van der Waals surface area contributed by atoms with E-state index in [1.807, 2.05) is 0 Å². The Morgan fingerprint density at radius 1 is 1.26 bits per heavy atom. The van der Waals surface area contributed by atoms with Gasteiger partial charge in [-0.2, -0.15) is 0 Å². The minimum atomic E-state index is -0.608. The number of nitro groups is 1. The molecule has 0 aliphatic carbocycles. The first-order valence-corrected chi connectivity index (χ1v) is 10.2. The van der Waals surface area contributed by atoms with E-state index in [0.717, 1.165) is 17.4 Å². The van der Waals surface area contributed by atoms with Crippen molar-refractivity contribution in [3.8, 4) is 0 Å². The van der Waals surface area contributed by atoms with Crippen molar-refractivity contribution in [2.45, 2.75) is 12.3 Å². The monoisotopic (exact) mass is 461 g/mol. The molecular weight excluding hydrogens is 449 g/mol. The van der Waals surface area contributed by atoms with E-state index in [1.165, 1.54) is 36.4 Å². The molecule has 2 amide bonds. The number of nitro benzene ring substituents is 1. The molecule has 158 valence electrons. The molecule has 2 aromatic carbocycles. The number of nitrogens with zero attached hydrogens (tertiary/aromatic N) is 4. The summed E-state index contributed by atoms with van der Waals surface area (Å²) in [6, 6.07) is 9.19. The molecule has 9 nitrogen and oxygen atoms in total. The molecule has 1 aliphatic heterocycles. The van der Waals surface area contributed by atoms with Gasteiger partial charge in [-0.15, -0.1) is 10.2 Å². The Balaban J connectivity index is 1.45. The largest absolute Gasteiger partial charge is 0.312 e. The van der Waals surface area contributed by atoms with Crippen LogP contribution in [0, 0.1) is 15.9 Å². The summed E-state index contributed by atoms with van der Waals surface area (Å²) in [5.41, 5.74) is 0.429. The standard InChI is InChI=1S/C19H13ClFN5O4S/c20-15-8-13(26(29)30)5-6-14(15)17(28)22-19-24-23-18(31-19)10-7-16(27)25(9-10)12-3-1-11(21)2-4-12/h1-6,8,10H,7,9H2,(H,22,24,28). The van der Waals surface area contributed by atoms with Gasteiger partial charge in [-0.25, -0.2) is 4.39 Å². The first kappa shape index (κ1) is 20.8. The number of halogens is 2. The van der Waals surface area contributed by atoms with Crippen LogP contribution in [0.4, 0.5) is 20.9 Å². The zero-order valence-corrected chi connectivity index (χ0v) is 17.2. The van der Waals surface area contributed by atoms with Gasteiger partial charge in [0, 0.05) is 36.7 Å². The Kier molecular flexibility index (Phi) is 5.61. The van der Waals surface area contributed by atoms with Crippen LogP contribution in [-0.2, 0) is 4.79 Å². The smallest absolute Gasteiger partial charge is 0.270 e. The second-order valence-corrected chi connectivity index (χ2v) is 8.12. The van der Waals surface area contributed by atoms with Crippen LogP contribution in [0.15, 0.2) is 42.5 Å². The number of carbonyl (C=O) groups is 2. The SMILES string of the molecule is O=C(Nc1nnc(C2CC(=O)N(c3ccc(F)cc3)C2)s1)c1ccc([N+](=O)[O-])cc1Cl. The van der Waals surface area contributed by atoms with Crippen molar-refractivity contribution in [3.63, 3.8) is 0 Å². The van der Waals surface area contributed by atoms with Gasteiger partial charge in [-0.3, -0.25) is 25.0 Å². The van der Waals surface area contributed by atoms with Gasteiger partial charge >= 0.3 is 0 Å². The Hall–Kier alpha value is -3.44. The first-order chi connectivity index (χ1) is 14.8. The summed E-state index contributed by atoms with van der Waals surface area (Å²) in [5, 5.41) is 22.1. The van der Waals surface area contributed by atoms with Gasteiger partial charge in [0.15, 0.2) is 0 Å². The second-order valence-electron chi connectivity index (χ2n) is 6.70. The first-order valence-electron chi connectivity index (χ1n) is 8.96. The fourth-order valence-electron chi connectivity index (χ4n) is 3.16. The Morgan fingerprint density at radius 3 is 2.68 bits per heavy atom. The van der Waals surface area contributed by atoms with Gasteiger partial charge in [-0.1, -0.05) is 22.9 Å². The lowest BCUT2D eigenvalue weighted by Gasteiger charge is -2.16. The van der Waals surface area contributed by atoms with Gasteiger partial charge < -0.3 is 4.90 Å².